The van der Waals surface area contributed by atoms with Gasteiger partial charge >= 0.3 is 58.2 Å². The third-order valence-corrected chi connectivity index (χ3v) is 0. The molecule has 0 aliphatic carbocycles. The van der Waals surface area contributed by atoms with E-state index in [1.54, 1.807) is 0 Å². The molecule has 0 aromatic rings. The molecule has 0 amide bonds. The van der Waals surface area contributed by atoms with Gasteiger partial charge in [-0.2, -0.15) is 0 Å². The summed E-state index contributed by atoms with van der Waals surface area (Å²) in [6.07, 6.45) is 0. The predicted octanol–water partition coefficient (Wildman–Crippen LogP) is -24.0. The average molecular weight is 456 g/mol. The van der Waals surface area contributed by atoms with Crippen molar-refractivity contribution >= 4 is 0 Å². The van der Waals surface area contributed by atoms with Gasteiger partial charge in [0.25, 0.3) is 0 Å². The molecule has 0 nitrogen and oxygen atoms in total. The average Bonchev–Trinajstić information content (AvgIpc) is 0. The van der Waals surface area contributed by atoms with Gasteiger partial charge in [-0.3, -0.25) is 0 Å². The predicted molar refractivity (Wildman–Crippen MR) is 0 cm³/mol. The summed E-state index contributed by atoms with van der Waals surface area (Å²) in [5, 5.41) is 0. The van der Waals surface area contributed by atoms with Crippen molar-refractivity contribution in [2.75, 3.05) is 0 Å². The molecule has 0 rings (SSSR count). The first-order valence-electron chi connectivity index (χ1n) is 0. The molecule has 0 saturated heterocycles. The molecular weight excluding hydrogens is 456 g/mol. The standard InChI is InChI=1S/7FH.Rb.U/h7*1H;;/q;;;;;;;+1;/p-7. The van der Waals surface area contributed by atoms with E-state index >= 15 is 0 Å². The van der Waals surface area contributed by atoms with Crippen molar-refractivity contribution in [3.8, 4) is 0 Å². The fraction of sp³-hybridized carbons (Fsp3) is 0. The van der Waals surface area contributed by atoms with Crippen LogP contribution in [0.3, 0.4) is 0 Å². The molecule has 0 bridgehead atoms. The summed E-state index contributed by atoms with van der Waals surface area (Å²) < 4.78 is 0. The smallest absolute Gasteiger partial charge is 1.00 e. The molecule has 0 fully saturated rings. The Labute approximate surface area is 120 Å². The topological polar surface area (TPSA) is 0 Å². The SMILES string of the molecule is [F-].[F-].[F-].[F-].[F-].[F-].[F-].[Rb+].[U]. The number of halogens is 7. The molecule has 0 spiro atoms. The van der Waals surface area contributed by atoms with Crippen LogP contribution in [0.15, 0.2) is 0 Å². The molecule has 0 aliphatic rings. The molecule has 0 saturated carbocycles. The molecule has 0 N–H and O–H groups in total. The van der Waals surface area contributed by atoms with Gasteiger partial charge in [-0.05, 0) is 0 Å². The molecule has 9 heteroatoms. The van der Waals surface area contributed by atoms with E-state index in [1.807, 2.05) is 0 Å². The second-order valence-electron chi connectivity index (χ2n) is 0. The summed E-state index contributed by atoms with van der Waals surface area (Å²) in [6, 6.07) is 0. The van der Waals surface area contributed by atoms with Crippen molar-refractivity contribution < 1.29 is 122 Å². The van der Waals surface area contributed by atoms with Gasteiger partial charge in [-0.15, -0.1) is 0 Å². The van der Waals surface area contributed by atoms with Crippen LogP contribution in [0.5, 0.6) is 0 Å². The molecule has 0 heterocycles. The van der Waals surface area contributed by atoms with Gasteiger partial charge in [0, 0.05) is 31.1 Å². The number of hydrogen-bond acceptors (Lipinski definition) is 0. The molecule has 0 aromatic carbocycles. The van der Waals surface area contributed by atoms with Gasteiger partial charge in [0.2, 0.25) is 0 Å². The Hall–Kier alpha value is 2.37. The maximum absolute atomic E-state index is 0. The van der Waals surface area contributed by atoms with Crippen LogP contribution in [-0.2, 0) is 0 Å². The molecule has 0 atom stereocenters. The molecule has 0 aromatic heterocycles. The Kier molecular flexibility index (Phi) is 3930. The van der Waals surface area contributed by atoms with Crippen molar-refractivity contribution in [3.05, 3.63) is 0 Å². The second-order valence-corrected chi connectivity index (χ2v) is 0. The second kappa shape index (κ2) is 162. The first kappa shape index (κ1) is 218. The van der Waals surface area contributed by atoms with Gasteiger partial charge in [-0.1, -0.05) is 0 Å². The van der Waals surface area contributed by atoms with Crippen molar-refractivity contribution in [3.63, 3.8) is 0 Å². The summed E-state index contributed by atoms with van der Waals surface area (Å²) in [5.41, 5.74) is 0. The van der Waals surface area contributed by atoms with Gasteiger partial charge < -0.3 is 32.9 Å². The zero-order chi connectivity index (χ0) is 0. The first-order chi connectivity index (χ1) is 0. The van der Waals surface area contributed by atoms with Gasteiger partial charge in [0.15, 0.2) is 0 Å². The normalized spacial score (nSPS) is 0. The zero-order valence-corrected chi connectivity index (χ0v) is 13.2. The quantitative estimate of drug-likeness (QED) is 0.318. The van der Waals surface area contributed by atoms with Crippen molar-refractivity contribution in [1.82, 2.24) is 0 Å². The van der Waals surface area contributed by atoms with Crippen LogP contribution < -0.4 is 91.1 Å². The molecule has 60 valence electrons. The van der Waals surface area contributed by atoms with E-state index in [9.17, 15) is 0 Å². The molecule has 9 heavy (non-hydrogen) atoms. The van der Waals surface area contributed by atoms with Crippen LogP contribution in [0.2, 0.25) is 0 Å². The van der Waals surface area contributed by atoms with Crippen LogP contribution in [0, 0.1) is 31.1 Å². The largest absolute Gasteiger partial charge is 1.00 e. The minimum Gasteiger partial charge on any atom is -1.00 e. The summed E-state index contributed by atoms with van der Waals surface area (Å²) in [6.45, 7) is 0. The van der Waals surface area contributed by atoms with E-state index in [0.29, 0.717) is 0 Å². The molecular formula is F7RbU-6. The Balaban J connectivity index is 0. The molecule has 0 radical (unpaired) electrons. The summed E-state index contributed by atoms with van der Waals surface area (Å²) in [7, 11) is 0. The van der Waals surface area contributed by atoms with Crippen LogP contribution in [0.25, 0.3) is 0 Å². The number of hydrogen-bond donors (Lipinski definition) is 0. The van der Waals surface area contributed by atoms with E-state index in [0.717, 1.165) is 0 Å². The van der Waals surface area contributed by atoms with E-state index in [4.69, 9.17) is 0 Å². The van der Waals surface area contributed by atoms with Crippen molar-refractivity contribution in [2.45, 2.75) is 0 Å². The van der Waals surface area contributed by atoms with E-state index in [2.05, 4.69) is 0 Å². The summed E-state index contributed by atoms with van der Waals surface area (Å²) >= 11 is 0. The van der Waals surface area contributed by atoms with Crippen molar-refractivity contribution in [2.24, 2.45) is 0 Å². The minimum absolute atomic E-state index is 0. The van der Waals surface area contributed by atoms with Crippen LogP contribution >= 0.6 is 0 Å². The first-order valence-corrected chi connectivity index (χ1v) is 0. The fourth-order valence-corrected chi connectivity index (χ4v) is 0. The third-order valence-electron chi connectivity index (χ3n) is 0. The monoisotopic (exact) mass is 456 g/mol. The zero-order valence-electron chi connectivity index (χ0n) is 4.15. The maximum Gasteiger partial charge on any atom is 1.00 e. The van der Waals surface area contributed by atoms with Gasteiger partial charge in [0.05, 0.1) is 0 Å². The van der Waals surface area contributed by atoms with Gasteiger partial charge in [0.1, 0.15) is 0 Å². The van der Waals surface area contributed by atoms with Crippen LogP contribution in [-0.4, -0.2) is 0 Å². The maximum atomic E-state index is 0. The van der Waals surface area contributed by atoms with E-state index in [1.165, 1.54) is 0 Å². The Bertz CT molecular complexity index is 8.88. The summed E-state index contributed by atoms with van der Waals surface area (Å²) in [5.74, 6) is 0. The Morgan fingerprint density at radius 1 is 0.333 bits per heavy atom. The molecule has 0 unspecified atom stereocenters. The molecule has 0 aliphatic heterocycles. The number of rotatable bonds is 0. The van der Waals surface area contributed by atoms with Crippen molar-refractivity contribution in [1.29, 1.82) is 0 Å². The minimum atomic E-state index is 0. The van der Waals surface area contributed by atoms with Crippen LogP contribution in [0.4, 0.5) is 0 Å². The van der Waals surface area contributed by atoms with E-state index < -0.39 is 0 Å². The van der Waals surface area contributed by atoms with Gasteiger partial charge in [-0.25, -0.2) is 0 Å². The Morgan fingerprint density at radius 3 is 0.333 bits per heavy atom. The van der Waals surface area contributed by atoms with E-state index in [-0.39, 0.29) is 122 Å². The van der Waals surface area contributed by atoms with Crippen LogP contribution in [0.1, 0.15) is 0 Å². The third kappa shape index (κ3) is 130. The summed E-state index contributed by atoms with van der Waals surface area (Å²) in [4.78, 5) is 0. The Morgan fingerprint density at radius 2 is 0.333 bits per heavy atom. The fourth-order valence-electron chi connectivity index (χ4n) is 0.